The number of hydrogen-bond acceptors (Lipinski definition) is 2. The Morgan fingerprint density at radius 1 is 0.458 bits per heavy atom. The van der Waals surface area contributed by atoms with E-state index in [4.69, 9.17) is 8.83 Å². The van der Waals surface area contributed by atoms with Gasteiger partial charge in [-0.15, -0.1) is 0 Å². The van der Waals surface area contributed by atoms with Crippen LogP contribution in [0.25, 0.3) is 44.6 Å². The van der Waals surface area contributed by atoms with Crippen molar-refractivity contribution in [2.24, 2.45) is 0 Å². The fraction of sp³-hybridized carbons (Fsp3) is 0. The topological polar surface area (TPSA) is 26.3 Å². The minimum Gasteiger partial charge on any atom is -0.456 e. The highest BCUT2D eigenvalue weighted by Gasteiger charge is 2.11. The van der Waals surface area contributed by atoms with E-state index in [9.17, 15) is 0 Å². The molecule has 0 fully saturated rings. The number of fused-ring (bicyclic) bond motifs is 2. The number of furan rings is 2. The van der Waals surface area contributed by atoms with Crippen molar-refractivity contribution in [3.8, 4) is 22.6 Å². The summed E-state index contributed by atoms with van der Waals surface area (Å²) in [5.74, 6) is 1.75. The molecule has 0 saturated carbocycles. The molecule has 0 atom stereocenters. The number of benzene rings is 3. The molecule has 3 aromatic carbocycles. The minimum atomic E-state index is 0.843. The lowest BCUT2D eigenvalue weighted by Gasteiger charge is -1.94. The standard InChI is InChI=1S/C22H14O2/c1-3-7-15(8-4-1)19-12-17-11-18-13-20(16-9-5-2-6-10-16)24-22(18)14-21(17)23-19/h1-14H. The number of hydrogen-bond donors (Lipinski definition) is 0. The van der Waals surface area contributed by atoms with Gasteiger partial charge in [-0.3, -0.25) is 0 Å². The zero-order chi connectivity index (χ0) is 15.9. The molecule has 2 aromatic heterocycles. The number of rotatable bonds is 2. The van der Waals surface area contributed by atoms with Crippen molar-refractivity contribution in [3.05, 3.63) is 84.9 Å². The van der Waals surface area contributed by atoms with Crippen LogP contribution in [0.4, 0.5) is 0 Å². The molecule has 0 aliphatic heterocycles. The first-order valence-electron chi connectivity index (χ1n) is 7.95. The third-order valence-corrected chi connectivity index (χ3v) is 4.27. The summed E-state index contributed by atoms with van der Waals surface area (Å²) in [5.41, 5.74) is 3.84. The largest absolute Gasteiger partial charge is 0.456 e. The molecule has 0 unspecified atom stereocenters. The first-order valence-corrected chi connectivity index (χ1v) is 7.95. The molecule has 114 valence electrons. The van der Waals surface area contributed by atoms with Crippen LogP contribution in [0.1, 0.15) is 0 Å². The van der Waals surface area contributed by atoms with E-state index in [-0.39, 0.29) is 0 Å². The van der Waals surface area contributed by atoms with Crippen LogP contribution in [0.15, 0.2) is 93.8 Å². The average molecular weight is 310 g/mol. The van der Waals surface area contributed by atoms with Gasteiger partial charge in [0.15, 0.2) is 0 Å². The van der Waals surface area contributed by atoms with Crippen molar-refractivity contribution < 1.29 is 8.83 Å². The molecule has 0 aliphatic rings. The Balaban J connectivity index is 1.65. The van der Waals surface area contributed by atoms with E-state index in [0.717, 1.165) is 44.6 Å². The molecule has 0 aliphatic carbocycles. The van der Waals surface area contributed by atoms with Crippen LogP contribution in [-0.4, -0.2) is 0 Å². The summed E-state index contributed by atoms with van der Waals surface area (Å²) in [6.45, 7) is 0. The molecule has 5 rings (SSSR count). The van der Waals surface area contributed by atoms with E-state index in [2.05, 4.69) is 42.5 Å². The van der Waals surface area contributed by atoms with E-state index in [1.54, 1.807) is 0 Å². The molecule has 2 nitrogen and oxygen atoms in total. The van der Waals surface area contributed by atoms with Gasteiger partial charge in [-0.1, -0.05) is 60.7 Å². The Morgan fingerprint density at radius 2 is 0.917 bits per heavy atom. The van der Waals surface area contributed by atoms with Crippen LogP contribution in [0.2, 0.25) is 0 Å². The highest BCUT2D eigenvalue weighted by Crippen LogP contribution is 2.34. The van der Waals surface area contributed by atoms with E-state index in [1.807, 2.05) is 42.5 Å². The fourth-order valence-electron chi connectivity index (χ4n) is 3.07. The zero-order valence-corrected chi connectivity index (χ0v) is 12.9. The predicted octanol–water partition coefficient (Wildman–Crippen LogP) is 6.51. The van der Waals surface area contributed by atoms with Crippen LogP contribution in [-0.2, 0) is 0 Å². The summed E-state index contributed by atoms with van der Waals surface area (Å²) in [5, 5.41) is 2.17. The van der Waals surface area contributed by atoms with Gasteiger partial charge in [0.05, 0.1) is 0 Å². The second-order valence-corrected chi connectivity index (χ2v) is 5.88. The molecule has 0 saturated heterocycles. The zero-order valence-electron chi connectivity index (χ0n) is 12.9. The lowest BCUT2D eigenvalue weighted by Crippen LogP contribution is -1.69. The molecule has 24 heavy (non-hydrogen) atoms. The second-order valence-electron chi connectivity index (χ2n) is 5.88. The lowest BCUT2D eigenvalue weighted by atomic mass is 10.1. The third-order valence-electron chi connectivity index (χ3n) is 4.27. The summed E-state index contributed by atoms with van der Waals surface area (Å²) >= 11 is 0. The molecule has 0 N–H and O–H groups in total. The van der Waals surface area contributed by atoms with E-state index in [0.29, 0.717) is 0 Å². The molecule has 2 heterocycles. The Bertz CT molecular complexity index is 992. The molecule has 0 bridgehead atoms. The van der Waals surface area contributed by atoms with Crippen LogP contribution in [0, 0.1) is 0 Å². The van der Waals surface area contributed by atoms with Crippen LogP contribution < -0.4 is 0 Å². The van der Waals surface area contributed by atoms with E-state index >= 15 is 0 Å². The van der Waals surface area contributed by atoms with Crippen molar-refractivity contribution in [2.45, 2.75) is 0 Å². The highest BCUT2D eigenvalue weighted by molar-refractivity contribution is 5.96. The van der Waals surface area contributed by atoms with Gasteiger partial charge in [-0.05, 0) is 18.2 Å². The molecule has 0 radical (unpaired) electrons. The van der Waals surface area contributed by atoms with Crippen molar-refractivity contribution in [1.82, 2.24) is 0 Å². The van der Waals surface area contributed by atoms with Gasteiger partial charge in [0.25, 0.3) is 0 Å². The summed E-state index contributed by atoms with van der Waals surface area (Å²) in [6, 6.07) is 28.5. The predicted molar refractivity (Wildman–Crippen MR) is 96.9 cm³/mol. The van der Waals surface area contributed by atoms with Gasteiger partial charge in [0, 0.05) is 28.0 Å². The van der Waals surface area contributed by atoms with Crippen molar-refractivity contribution in [2.75, 3.05) is 0 Å². The van der Waals surface area contributed by atoms with Gasteiger partial charge in [0.1, 0.15) is 22.7 Å². The van der Waals surface area contributed by atoms with Gasteiger partial charge in [-0.25, -0.2) is 0 Å². The van der Waals surface area contributed by atoms with Crippen LogP contribution in [0.5, 0.6) is 0 Å². The minimum absolute atomic E-state index is 0.843. The van der Waals surface area contributed by atoms with Gasteiger partial charge < -0.3 is 8.83 Å². The van der Waals surface area contributed by atoms with Crippen molar-refractivity contribution in [3.63, 3.8) is 0 Å². The fourth-order valence-corrected chi connectivity index (χ4v) is 3.07. The maximum atomic E-state index is 6.02. The quantitative estimate of drug-likeness (QED) is 0.371. The summed E-state index contributed by atoms with van der Waals surface area (Å²) in [7, 11) is 0. The molecular formula is C22H14O2. The van der Waals surface area contributed by atoms with Crippen molar-refractivity contribution in [1.29, 1.82) is 0 Å². The third kappa shape index (κ3) is 2.12. The van der Waals surface area contributed by atoms with E-state index < -0.39 is 0 Å². The molecular weight excluding hydrogens is 296 g/mol. The van der Waals surface area contributed by atoms with E-state index in [1.165, 1.54) is 0 Å². The Morgan fingerprint density at radius 3 is 1.38 bits per heavy atom. The maximum Gasteiger partial charge on any atom is 0.138 e. The maximum absolute atomic E-state index is 6.02. The highest BCUT2D eigenvalue weighted by atomic mass is 16.3. The van der Waals surface area contributed by atoms with Crippen molar-refractivity contribution >= 4 is 21.9 Å². The molecule has 0 amide bonds. The van der Waals surface area contributed by atoms with Gasteiger partial charge in [0.2, 0.25) is 0 Å². The summed E-state index contributed by atoms with van der Waals surface area (Å²) < 4.78 is 12.0. The lowest BCUT2D eigenvalue weighted by molar-refractivity contribution is 0.620. The first kappa shape index (κ1) is 13.2. The first-order chi connectivity index (χ1) is 11.9. The SMILES string of the molecule is c1ccc(-c2cc3cc4cc(-c5ccccc5)oc4cc3o2)cc1. The summed E-state index contributed by atoms with van der Waals surface area (Å²) in [4.78, 5) is 0. The normalized spacial score (nSPS) is 11.3. The molecule has 5 aromatic rings. The smallest absolute Gasteiger partial charge is 0.138 e. The second kappa shape index (κ2) is 5.14. The monoisotopic (exact) mass is 310 g/mol. The average Bonchev–Trinajstić information content (AvgIpc) is 3.24. The molecule has 0 spiro atoms. The van der Waals surface area contributed by atoms with Gasteiger partial charge >= 0.3 is 0 Å². The molecule has 2 heteroatoms. The Labute approximate surface area is 138 Å². The van der Waals surface area contributed by atoms with Crippen LogP contribution >= 0.6 is 0 Å². The van der Waals surface area contributed by atoms with Gasteiger partial charge in [-0.2, -0.15) is 0 Å². The summed E-state index contributed by atoms with van der Waals surface area (Å²) in [6.07, 6.45) is 0. The Kier molecular flexibility index (Phi) is 2.83. The van der Waals surface area contributed by atoms with Crippen LogP contribution in [0.3, 0.4) is 0 Å². The Hall–Kier alpha value is -3.26.